The third kappa shape index (κ3) is 3.18. The van der Waals surface area contributed by atoms with E-state index in [0.29, 0.717) is 6.42 Å². The summed E-state index contributed by atoms with van der Waals surface area (Å²) < 4.78 is 25.5. The molecule has 2 N–H and O–H groups in total. The molecular formula is C9H11N3O3S. The molecule has 6 nitrogen and oxygen atoms in total. The maximum absolute atomic E-state index is 11.6. The molecule has 0 fully saturated rings. The number of hydrogen-bond acceptors (Lipinski definition) is 4. The van der Waals surface area contributed by atoms with E-state index < -0.39 is 15.5 Å². The van der Waals surface area contributed by atoms with E-state index in [1.54, 1.807) is 0 Å². The lowest BCUT2D eigenvalue weighted by molar-refractivity contribution is 0.578. The van der Waals surface area contributed by atoms with Gasteiger partial charge in [0, 0.05) is 31.4 Å². The lowest BCUT2D eigenvalue weighted by Crippen LogP contribution is -2.29. The van der Waals surface area contributed by atoms with Crippen molar-refractivity contribution in [3.8, 4) is 6.07 Å². The predicted octanol–water partition coefficient (Wildman–Crippen LogP) is -0.0430. The van der Waals surface area contributed by atoms with E-state index in [2.05, 4.69) is 9.71 Å². The third-order valence-corrected chi connectivity index (χ3v) is 3.32. The fourth-order valence-corrected chi connectivity index (χ4v) is 2.19. The second kappa shape index (κ2) is 5.44. The number of hydrogen-bond donors (Lipinski definition) is 2. The zero-order chi connectivity index (χ0) is 12.0. The van der Waals surface area contributed by atoms with Gasteiger partial charge in [-0.05, 0) is 6.42 Å². The smallest absolute Gasteiger partial charge is 0.245 e. The van der Waals surface area contributed by atoms with Crippen molar-refractivity contribution in [1.29, 1.82) is 5.26 Å². The van der Waals surface area contributed by atoms with Gasteiger partial charge in [0.2, 0.25) is 15.5 Å². The van der Waals surface area contributed by atoms with Crippen LogP contribution in [0.1, 0.15) is 12.8 Å². The molecule has 0 spiro atoms. The van der Waals surface area contributed by atoms with Gasteiger partial charge in [0.25, 0.3) is 0 Å². The van der Waals surface area contributed by atoms with Crippen LogP contribution in [0, 0.1) is 11.3 Å². The van der Waals surface area contributed by atoms with Gasteiger partial charge < -0.3 is 4.98 Å². The molecule has 86 valence electrons. The van der Waals surface area contributed by atoms with Crippen LogP contribution in [0.3, 0.4) is 0 Å². The van der Waals surface area contributed by atoms with E-state index in [0.717, 1.165) is 12.3 Å². The quantitative estimate of drug-likeness (QED) is 0.706. The Labute approximate surface area is 93.0 Å². The number of nitrogens with zero attached hydrogens (tertiary/aromatic N) is 1. The summed E-state index contributed by atoms with van der Waals surface area (Å²) in [6.45, 7) is 0.143. The molecule has 1 heterocycles. The number of unbranched alkanes of at least 4 members (excludes halogenated alkanes) is 1. The molecule has 0 saturated carbocycles. The molecule has 0 saturated heterocycles. The van der Waals surface area contributed by atoms with Crippen LogP contribution < -0.4 is 10.2 Å². The zero-order valence-corrected chi connectivity index (χ0v) is 9.25. The minimum Gasteiger partial charge on any atom is -0.366 e. The second-order valence-corrected chi connectivity index (χ2v) is 4.77. The van der Waals surface area contributed by atoms with Gasteiger partial charge in [-0.3, -0.25) is 4.79 Å². The summed E-state index contributed by atoms with van der Waals surface area (Å²) in [6, 6.07) is 3.05. The summed E-state index contributed by atoms with van der Waals surface area (Å²) in [4.78, 5) is 13.5. The molecule has 0 unspecified atom stereocenters. The number of pyridine rings is 1. The summed E-state index contributed by atoms with van der Waals surface area (Å²) in [5, 5.41) is 8.27. The highest BCUT2D eigenvalue weighted by Crippen LogP contribution is 1.99. The predicted molar refractivity (Wildman–Crippen MR) is 57.1 cm³/mol. The van der Waals surface area contributed by atoms with Crippen molar-refractivity contribution in [2.45, 2.75) is 17.7 Å². The third-order valence-electron chi connectivity index (χ3n) is 1.84. The summed E-state index contributed by atoms with van der Waals surface area (Å²) in [7, 11) is -3.77. The highest BCUT2D eigenvalue weighted by molar-refractivity contribution is 7.89. The van der Waals surface area contributed by atoms with Gasteiger partial charge in [0.05, 0.1) is 6.07 Å². The Bertz CT molecular complexity index is 542. The molecule has 1 aromatic heterocycles. The first-order valence-electron chi connectivity index (χ1n) is 4.61. The maximum Gasteiger partial charge on any atom is 0.245 e. The fourth-order valence-electron chi connectivity index (χ4n) is 1.06. The number of nitrogens with one attached hydrogen (secondary N) is 2. The molecule has 1 rings (SSSR count). The van der Waals surface area contributed by atoms with Crippen LogP contribution in [0.15, 0.2) is 28.2 Å². The summed E-state index contributed by atoms with van der Waals surface area (Å²) in [5.74, 6) is 0. The van der Waals surface area contributed by atoms with E-state index >= 15 is 0 Å². The SMILES string of the molecule is N#CCCCNS(=O)(=O)c1c[nH]ccc1=O. The Morgan fingerprint density at radius 2 is 2.25 bits per heavy atom. The number of H-pyrrole nitrogens is 1. The number of nitriles is 1. The molecule has 0 aromatic carbocycles. The second-order valence-electron chi connectivity index (χ2n) is 3.03. The van der Waals surface area contributed by atoms with Crippen LogP contribution >= 0.6 is 0 Å². The zero-order valence-electron chi connectivity index (χ0n) is 8.43. The Hall–Kier alpha value is -1.65. The van der Waals surface area contributed by atoms with E-state index in [4.69, 9.17) is 5.26 Å². The van der Waals surface area contributed by atoms with Gasteiger partial charge in [-0.25, -0.2) is 13.1 Å². The average Bonchev–Trinajstić information content (AvgIpc) is 2.25. The molecule has 0 aliphatic carbocycles. The molecule has 0 aliphatic heterocycles. The van der Waals surface area contributed by atoms with Gasteiger partial charge in [-0.1, -0.05) is 0 Å². The first-order chi connectivity index (χ1) is 7.58. The van der Waals surface area contributed by atoms with Gasteiger partial charge in [0.15, 0.2) is 0 Å². The molecular weight excluding hydrogens is 230 g/mol. The van der Waals surface area contributed by atoms with E-state index in [-0.39, 0.29) is 17.9 Å². The van der Waals surface area contributed by atoms with E-state index in [9.17, 15) is 13.2 Å². The molecule has 7 heteroatoms. The van der Waals surface area contributed by atoms with Crippen LogP contribution in [0.2, 0.25) is 0 Å². The Kier molecular flexibility index (Phi) is 4.22. The van der Waals surface area contributed by atoms with E-state index in [1.807, 2.05) is 6.07 Å². The van der Waals surface area contributed by atoms with Gasteiger partial charge >= 0.3 is 0 Å². The lowest BCUT2D eigenvalue weighted by atomic mass is 10.3. The largest absolute Gasteiger partial charge is 0.366 e. The van der Waals surface area contributed by atoms with Crippen molar-refractivity contribution in [3.63, 3.8) is 0 Å². The first kappa shape index (κ1) is 12.4. The number of aromatic amines is 1. The molecule has 1 aromatic rings. The normalized spacial score (nSPS) is 10.9. The summed E-state index contributed by atoms with van der Waals surface area (Å²) >= 11 is 0. The minimum absolute atomic E-state index is 0.143. The van der Waals surface area contributed by atoms with Gasteiger partial charge in [0.1, 0.15) is 4.90 Å². The lowest BCUT2D eigenvalue weighted by Gasteiger charge is -2.03. The number of aromatic nitrogens is 1. The van der Waals surface area contributed by atoms with Gasteiger partial charge in [-0.2, -0.15) is 5.26 Å². The molecule has 0 radical (unpaired) electrons. The number of rotatable bonds is 5. The molecule has 16 heavy (non-hydrogen) atoms. The Balaban J connectivity index is 2.76. The highest BCUT2D eigenvalue weighted by Gasteiger charge is 2.16. The Morgan fingerprint density at radius 1 is 1.50 bits per heavy atom. The molecule has 0 amide bonds. The van der Waals surface area contributed by atoms with Crippen molar-refractivity contribution < 1.29 is 8.42 Å². The highest BCUT2D eigenvalue weighted by atomic mass is 32.2. The van der Waals surface area contributed by atoms with Crippen LogP contribution in [-0.4, -0.2) is 19.9 Å². The number of sulfonamides is 1. The first-order valence-corrected chi connectivity index (χ1v) is 6.10. The van der Waals surface area contributed by atoms with Crippen molar-refractivity contribution in [1.82, 2.24) is 9.71 Å². The van der Waals surface area contributed by atoms with Crippen LogP contribution in [0.25, 0.3) is 0 Å². The molecule has 0 aliphatic rings. The van der Waals surface area contributed by atoms with E-state index in [1.165, 1.54) is 6.20 Å². The topological polar surface area (TPSA) is 103 Å². The fraction of sp³-hybridized carbons (Fsp3) is 0.333. The van der Waals surface area contributed by atoms with Crippen molar-refractivity contribution in [2.75, 3.05) is 6.54 Å². The monoisotopic (exact) mass is 241 g/mol. The maximum atomic E-state index is 11.6. The Morgan fingerprint density at radius 3 is 2.88 bits per heavy atom. The van der Waals surface area contributed by atoms with Gasteiger partial charge in [-0.15, -0.1) is 0 Å². The van der Waals surface area contributed by atoms with Crippen LogP contribution in [0.4, 0.5) is 0 Å². The van der Waals surface area contributed by atoms with Crippen molar-refractivity contribution >= 4 is 10.0 Å². The standard InChI is InChI=1S/C9H11N3O3S/c10-4-1-2-5-12-16(14,15)9-7-11-6-3-8(9)13/h3,6-7,12H,1-2,5H2,(H,11,13). The van der Waals surface area contributed by atoms with Crippen LogP contribution in [0.5, 0.6) is 0 Å². The molecule has 0 atom stereocenters. The summed E-state index contributed by atoms with van der Waals surface area (Å²) in [5.41, 5.74) is -0.563. The van der Waals surface area contributed by atoms with Crippen molar-refractivity contribution in [3.05, 3.63) is 28.7 Å². The molecule has 0 bridgehead atoms. The average molecular weight is 241 g/mol. The van der Waals surface area contributed by atoms with Crippen LogP contribution in [-0.2, 0) is 10.0 Å². The summed E-state index contributed by atoms with van der Waals surface area (Å²) in [6.07, 6.45) is 3.18. The minimum atomic E-state index is -3.77. The van der Waals surface area contributed by atoms with Crippen molar-refractivity contribution in [2.24, 2.45) is 0 Å².